The van der Waals surface area contributed by atoms with E-state index in [4.69, 9.17) is 11.6 Å². The van der Waals surface area contributed by atoms with Gasteiger partial charge in [-0.25, -0.2) is 0 Å². The van der Waals surface area contributed by atoms with Crippen molar-refractivity contribution in [1.82, 2.24) is 15.1 Å². The van der Waals surface area contributed by atoms with E-state index in [1.54, 1.807) is 29.2 Å². The highest BCUT2D eigenvalue weighted by Crippen LogP contribution is 2.31. The maximum Gasteiger partial charge on any atom is 0.274 e. The second-order valence-electron chi connectivity index (χ2n) is 6.17. The van der Waals surface area contributed by atoms with Gasteiger partial charge in [0, 0.05) is 24.3 Å². The summed E-state index contributed by atoms with van der Waals surface area (Å²) < 4.78 is 0. The molecule has 1 aliphatic rings. The molecular formula is C17H20ClN3O2. The summed E-state index contributed by atoms with van der Waals surface area (Å²) in [5.41, 5.74) is 1.91. The number of aromatic hydroxyl groups is 1. The van der Waals surface area contributed by atoms with E-state index in [9.17, 15) is 9.90 Å². The highest BCUT2D eigenvalue weighted by Gasteiger charge is 2.26. The van der Waals surface area contributed by atoms with Crippen LogP contribution in [0.2, 0.25) is 5.02 Å². The third-order valence-electron chi connectivity index (χ3n) is 4.35. The Bertz CT molecular complexity index is 710. The number of nitrogens with zero attached hydrogens (tertiary/aromatic N) is 2. The fraction of sp³-hybridized carbons (Fsp3) is 0.412. The molecule has 0 bridgehead atoms. The largest absolute Gasteiger partial charge is 0.506 e. The number of aromatic amines is 1. The number of para-hydroxylation sites is 1. The molecule has 1 aromatic carbocycles. The van der Waals surface area contributed by atoms with E-state index in [1.807, 2.05) is 6.92 Å². The maximum atomic E-state index is 12.8. The zero-order valence-electron chi connectivity index (χ0n) is 13.1. The number of hydrogen-bond donors (Lipinski definition) is 2. The number of carbonyl (C=O) groups is 1. The number of carbonyl (C=O) groups excluding carboxylic acids is 1. The Morgan fingerprint density at radius 3 is 2.87 bits per heavy atom. The molecular weight excluding hydrogens is 314 g/mol. The first-order valence-corrected chi connectivity index (χ1v) is 8.20. The molecule has 0 saturated heterocycles. The highest BCUT2D eigenvalue weighted by atomic mass is 35.5. The van der Waals surface area contributed by atoms with E-state index in [-0.39, 0.29) is 11.7 Å². The molecule has 0 spiro atoms. The third-order valence-corrected chi connectivity index (χ3v) is 4.65. The lowest BCUT2D eigenvalue weighted by Gasteiger charge is -2.32. The third kappa shape index (κ3) is 3.50. The van der Waals surface area contributed by atoms with Crippen molar-refractivity contribution in [1.29, 1.82) is 0 Å². The van der Waals surface area contributed by atoms with Gasteiger partial charge in [0.15, 0.2) is 0 Å². The molecule has 0 radical (unpaired) electrons. The second-order valence-corrected chi connectivity index (χ2v) is 6.57. The Labute approximate surface area is 140 Å². The molecule has 3 rings (SSSR count). The summed E-state index contributed by atoms with van der Waals surface area (Å²) in [6.07, 6.45) is 3.51. The van der Waals surface area contributed by atoms with E-state index < -0.39 is 0 Å². The van der Waals surface area contributed by atoms with Crippen molar-refractivity contribution in [2.24, 2.45) is 5.92 Å². The molecule has 2 N–H and O–H groups in total. The lowest BCUT2D eigenvalue weighted by molar-refractivity contribution is 0.0672. The monoisotopic (exact) mass is 333 g/mol. The van der Waals surface area contributed by atoms with Crippen molar-refractivity contribution in [3.8, 4) is 5.75 Å². The molecule has 5 nitrogen and oxygen atoms in total. The summed E-state index contributed by atoms with van der Waals surface area (Å²) in [5, 5.41) is 17.3. The Morgan fingerprint density at radius 1 is 1.48 bits per heavy atom. The first-order chi connectivity index (χ1) is 11.0. The van der Waals surface area contributed by atoms with Crippen LogP contribution in [-0.4, -0.2) is 32.7 Å². The molecule has 1 heterocycles. The van der Waals surface area contributed by atoms with Gasteiger partial charge in [0.25, 0.3) is 5.91 Å². The number of rotatable bonds is 5. The van der Waals surface area contributed by atoms with E-state index in [1.165, 1.54) is 6.42 Å². The molecule has 1 amide bonds. The topological polar surface area (TPSA) is 69.2 Å². The number of aryl methyl sites for hydroxylation is 1. The van der Waals surface area contributed by atoms with Gasteiger partial charge in [-0.15, -0.1) is 0 Å². The first-order valence-electron chi connectivity index (χ1n) is 7.82. The minimum absolute atomic E-state index is 0.0405. The summed E-state index contributed by atoms with van der Waals surface area (Å²) >= 11 is 5.97. The first kappa shape index (κ1) is 15.9. The zero-order valence-corrected chi connectivity index (χ0v) is 13.8. The maximum absolute atomic E-state index is 12.8. The van der Waals surface area contributed by atoms with Crippen LogP contribution in [0.3, 0.4) is 0 Å². The molecule has 0 atom stereocenters. The minimum atomic E-state index is -0.124. The van der Waals surface area contributed by atoms with Crippen molar-refractivity contribution in [3.63, 3.8) is 0 Å². The number of aromatic nitrogens is 2. The predicted octanol–water partition coefficient (Wildman–Crippen LogP) is 3.52. The van der Waals surface area contributed by atoms with Gasteiger partial charge in [-0.1, -0.05) is 30.2 Å². The smallest absolute Gasteiger partial charge is 0.274 e. The summed E-state index contributed by atoms with van der Waals surface area (Å²) in [6, 6.07) is 6.95. The zero-order chi connectivity index (χ0) is 16.4. The van der Waals surface area contributed by atoms with Crippen molar-refractivity contribution >= 4 is 17.5 Å². The van der Waals surface area contributed by atoms with Crippen LogP contribution < -0.4 is 0 Å². The van der Waals surface area contributed by atoms with Crippen LogP contribution in [-0.2, 0) is 6.54 Å². The molecule has 2 aromatic rings. The Kier molecular flexibility index (Phi) is 4.57. The lowest BCUT2D eigenvalue weighted by Crippen LogP contribution is -2.37. The van der Waals surface area contributed by atoms with Crippen LogP contribution in [0.4, 0.5) is 0 Å². The highest BCUT2D eigenvalue weighted by molar-refractivity contribution is 6.32. The molecule has 1 aliphatic carbocycles. The molecule has 0 aliphatic heterocycles. The summed E-state index contributed by atoms with van der Waals surface area (Å²) in [4.78, 5) is 14.5. The summed E-state index contributed by atoms with van der Waals surface area (Å²) in [7, 11) is 0. The van der Waals surface area contributed by atoms with Gasteiger partial charge in [-0.2, -0.15) is 5.10 Å². The van der Waals surface area contributed by atoms with E-state index >= 15 is 0 Å². The minimum Gasteiger partial charge on any atom is -0.506 e. The van der Waals surface area contributed by atoms with Gasteiger partial charge in [-0.05, 0) is 37.8 Å². The number of amides is 1. The standard InChI is InChI=1S/C17H20ClN3O2/c1-11-8-15(20-19-11)17(23)21(9-12-4-2-5-12)10-13-6-3-7-14(18)16(13)22/h3,6-8,12,22H,2,4-5,9-10H2,1H3,(H,19,20). The quantitative estimate of drug-likeness (QED) is 0.879. The molecule has 1 fully saturated rings. The lowest BCUT2D eigenvalue weighted by atomic mass is 9.85. The van der Waals surface area contributed by atoms with Gasteiger partial charge < -0.3 is 10.0 Å². The number of benzene rings is 1. The normalized spacial score (nSPS) is 14.5. The van der Waals surface area contributed by atoms with Gasteiger partial charge in [0.05, 0.1) is 5.02 Å². The van der Waals surface area contributed by atoms with Crippen LogP contribution in [0, 0.1) is 12.8 Å². The van der Waals surface area contributed by atoms with Crippen molar-refractivity contribution in [3.05, 3.63) is 46.2 Å². The predicted molar refractivity (Wildman–Crippen MR) is 88.5 cm³/mol. The van der Waals surface area contributed by atoms with Crippen molar-refractivity contribution in [2.45, 2.75) is 32.7 Å². The Morgan fingerprint density at radius 2 is 2.26 bits per heavy atom. The van der Waals surface area contributed by atoms with Gasteiger partial charge in [0.2, 0.25) is 0 Å². The number of nitrogens with one attached hydrogen (secondary N) is 1. The molecule has 1 saturated carbocycles. The number of phenolic OH excluding ortho intramolecular Hbond substituents is 1. The molecule has 23 heavy (non-hydrogen) atoms. The van der Waals surface area contributed by atoms with Crippen LogP contribution in [0.5, 0.6) is 5.75 Å². The number of H-pyrrole nitrogens is 1. The molecule has 1 aromatic heterocycles. The summed E-state index contributed by atoms with van der Waals surface area (Å²) in [5.74, 6) is 0.444. The van der Waals surface area contributed by atoms with Crippen LogP contribution in [0.25, 0.3) is 0 Å². The summed E-state index contributed by atoms with van der Waals surface area (Å²) in [6.45, 7) is 2.87. The Balaban J connectivity index is 1.82. The van der Waals surface area contributed by atoms with Crippen molar-refractivity contribution in [2.75, 3.05) is 6.54 Å². The van der Waals surface area contributed by atoms with Crippen LogP contribution in [0.15, 0.2) is 24.3 Å². The van der Waals surface area contributed by atoms with Gasteiger partial charge in [0.1, 0.15) is 11.4 Å². The second kappa shape index (κ2) is 6.62. The van der Waals surface area contributed by atoms with E-state index in [2.05, 4.69) is 10.2 Å². The average Bonchev–Trinajstić information content (AvgIpc) is 2.91. The number of phenols is 1. The number of halogens is 1. The SMILES string of the molecule is Cc1cc(C(=O)N(Cc2cccc(Cl)c2O)CC2CCC2)n[nH]1. The van der Waals surface area contributed by atoms with Crippen molar-refractivity contribution < 1.29 is 9.90 Å². The fourth-order valence-electron chi connectivity index (χ4n) is 2.79. The van der Waals surface area contributed by atoms with Crippen LogP contribution >= 0.6 is 11.6 Å². The fourth-order valence-corrected chi connectivity index (χ4v) is 2.98. The Hall–Kier alpha value is -2.01. The van der Waals surface area contributed by atoms with E-state index in [0.29, 0.717) is 35.3 Å². The molecule has 6 heteroatoms. The van der Waals surface area contributed by atoms with Crippen LogP contribution in [0.1, 0.15) is 41.0 Å². The average molecular weight is 334 g/mol. The van der Waals surface area contributed by atoms with Gasteiger partial charge in [-0.3, -0.25) is 9.89 Å². The number of hydrogen-bond acceptors (Lipinski definition) is 3. The van der Waals surface area contributed by atoms with Gasteiger partial charge >= 0.3 is 0 Å². The molecule has 0 unspecified atom stereocenters. The molecule has 122 valence electrons. The van der Waals surface area contributed by atoms with E-state index in [0.717, 1.165) is 18.5 Å².